The number of carbonyl (C=O) groups excluding carboxylic acids is 2. The smallest absolute Gasteiger partial charge is 0.325 e. The number of esters is 1. The highest BCUT2D eigenvalue weighted by Crippen LogP contribution is 2.39. The number of aromatic nitrogens is 3. The van der Waals surface area contributed by atoms with Crippen molar-refractivity contribution >= 4 is 29.3 Å². The van der Waals surface area contributed by atoms with Crippen molar-refractivity contribution in [1.82, 2.24) is 10.1 Å². The fourth-order valence-corrected chi connectivity index (χ4v) is 3.99. The van der Waals surface area contributed by atoms with Gasteiger partial charge in [-0.2, -0.15) is 0 Å². The Morgan fingerprint density at radius 2 is 1.83 bits per heavy atom. The van der Waals surface area contributed by atoms with Crippen molar-refractivity contribution in [3.63, 3.8) is 0 Å². The molecule has 30 heavy (non-hydrogen) atoms. The highest BCUT2D eigenvalue weighted by Gasteiger charge is 2.46. The first-order chi connectivity index (χ1) is 14.4. The Morgan fingerprint density at radius 3 is 2.53 bits per heavy atom. The van der Waals surface area contributed by atoms with Crippen LogP contribution in [0.2, 0.25) is 0 Å². The third kappa shape index (κ3) is 3.26. The van der Waals surface area contributed by atoms with Crippen LogP contribution in [0, 0.1) is 0 Å². The molecular formula is C21H19N4O4S+. The fraction of sp³-hybridized carbons (Fsp3) is 0.190. The largest absolute Gasteiger partial charge is 0.426 e. The predicted molar refractivity (Wildman–Crippen MR) is 111 cm³/mol. The number of hydrogen-bond donors (Lipinski definition) is 1. The molecular weight excluding hydrogens is 404 g/mol. The maximum Gasteiger partial charge on any atom is 0.325 e. The van der Waals surface area contributed by atoms with E-state index in [1.807, 2.05) is 0 Å². The van der Waals surface area contributed by atoms with Gasteiger partial charge in [0.15, 0.2) is 0 Å². The van der Waals surface area contributed by atoms with Gasteiger partial charge in [-0.15, -0.1) is 0 Å². The summed E-state index contributed by atoms with van der Waals surface area (Å²) in [5.74, 6) is -0.426. The first kappa shape index (κ1) is 19.8. The molecule has 2 heterocycles. The fourth-order valence-electron chi connectivity index (χ4n) is 3.63. The number of thioether (sulfide) groups is 1. The lowest BCUT2D eigenvalue weighted by molar-refractivity contribution is -0.763. The SMILES string of the molecule is CSc1n[n+]2c(c(=O)[nH]1)-c1ccccc1N(C(C)=O)[C@H]2c1ccccc1OC(C)=O. The molecule has 2 aromatic carbocycles. The van der Waals surface area contributed by atoms with E-state index in [4.69, 9.17) is 4.74 Å². The molecule has 1 aliphatic heterocycles. The summed E-state index contributed by atoms with van der Waals surface area (Å²) in [6.07, 6.45) is 0.989. The van der Waals surface area contributed by atoms with Crippen LogP contribution in [0.3, 0.4) is 0 Å². The van der Waals surface area contributed by atoms with E-state index in [9.17, 15) is 14.4 Å². The summed E-state index contributed by atoms with van der Waals surface area (Å²) in [5.41, 5.74) is 1.71. The minimum Gasteiger partial charge on any atom is -0.426 e. The minimum absolute atomic E-state index is 0.240. The second kappa shape index (κ2) is 7.75. The maximum absolute atomic E-state index is 13.0. The number of H-pyrrole nitrogens is 1. The Bertz CT molecular complexity index is 1220. The number of nitrogens with one attached hydrogen (secondary N) is 1. The van der Waals surface area contributed by atoms with Gasteiger partial charge in [0.1, 0.15) is 5.75 Å². The Kier molecular flexibility index (Phi) is 5.13. The van der Waals surface area contributed by atoms with E-state index >= 15 is 0 Å². The number of nitrogens with zero attached hydrogens (tertiary/aromatic N) is 3. The maximum atomic E-state index is 13.0. The molecule has 152 valence electrons. The number of hydrogen-bond acceptors (Lipinski definition) is 6. The molecule has 9 heteroatoms. The summed E-state index contributed by atoms with van der Waals surface area (Å²) < 4.78 is 6.93. The van der Waals surface area contributed by atoms with Gasteiger partial charge in [-0.3, -0.25) is 19.4 Å². The van der Waals surface area contributed by atoms with Crippen molar-refractivity contribution in [3.8, 4) is 17.0 Å². The van der Waals surface area contributed by atoms with Crippen LogP contribution in [0.4, 0.5) is 5.69 Å². The Labute approximate surface area is 176 Å². The van der Waals surface area contributed by atoms with Crippen LogP contribution in [0.15, 0.2) is 58.5 Å². The number of carbonyl (C=O) groups is 2. The molecule has 0 radical (unpaired) electrons. The Hall–Kier alpha value is -3.46. The Morgan fingerprint density at radius 1 is 1.13 bits per heavy atom. The zero-order chi connectivity index (χ0) is 21.4. The highest BCUT2D eigenvalue weighted by molar-refractivity contribution is 7.98. The van der Waals surface area contributed by atoms with E-state index in [1.54, 1.807) is 59.7 Å². The number of para-hydroxylation sites is 2. The second-order valence-electron chi connectivity index (χ2n) is 6.67. The molecule has 8 nitrogen and oxygen atoms in total. The van der Waals surface area contributed by atoms with Crippen LogP contribution in [0.25, 0.3) is 11.3 Å². The lowest BCUT2D eigenvalue weighted by Gasteiger charge is -2.31. The van der Waals surface area contributed by atoms with Crippen molar-refractivity contribution in [2.45, 2.75) is 25.2 Å². The van der Waals surface area contributed by atoms with Crippen molar-refractivity contribution in [1.29, 1.82) is 0 Å². The molecule has 0 fully saturated rings. The number of benzene rings is 2. The number of rotatable bonds is 3. The van der Waals surface area contributed by atoms with E-state index < -0.39 is 12.1 Å². The highest BCUT2D eigenvalue weighted by atomic mass is 32.2. The number of aromatic amines is 1. The summed E-state index contributed by atoms with van der Waals surface area (Å²) in [6, 6.07) is 14.1. The number of anilines is 1. The first-order valence-electron chi connectivity index (χ1n) is 9.19. The van der Waals surface area contributed by atoms with Gasteiger partial charge in [0.25, 0.3) is 6.17 Å². The van der Waals surface area contributed by atoms with Gasteiger partial charge in [-0.05, 0) is 35.2 Å². The lowest BCUT2D eigenvalue weighted by Crippen LogP contribution is -2.60. The molecule has 1 N–H and O–H groups in total. The predicted octanol–water partition coefficient (Wildman–Crippen LogP) is 2.29. The summed E-state index contributed by atoms with van der Waals surface area (Å²) in [6.45, 7) is 2.76. The van der Waals surface area contributed by atoms with Crippen LogP contribution in [0.1, 0.15) is 25.6 Å². The summed E-state index contributed by atoms with van der Waals surface area (Å²) in [5, 5.41) is 5.00. The molecule has 4 rings (SSSR count). The van der Waals surface area contributed by atoms with E-state index in [2.05, 4.69) is 10.1 Å². The molecule has 1 amide bonds. The quantitative estimate of drug-likeness (QED) is 0.301. The molecule has 0 bridgehead atoms. The molecule has 1 aliphatic rings. The number of amides is 1. The van der Waals surface area contributed by atoms with Crippen LogP contribution >= 0.6 is 11.8 Å². The van der Waals surface area contributed by atoms with Gasteiger partial charge in [-0.25, -0.2) is 4.90 Å². The van der Waals surface area contributed by atoms with E-state index in [0.717, 1.165) is 0 Å². The van der Waals surface area contributed by atoms with Gasteiger partial charge in [0.05, 0.1) is 16.8 Å². The second-order valence-corrected chi connectivity index (χ2v) is 7.46. The monoisotopic (exact) mass is 423 g/mol. The molecule has 1 atom stereocenters. The van der Waals surface area contributed by atoms with E-state index in [-0.39, 0.29) is 11.5 Å². The molecule has 0 aliphatic carbocycles. The molecule has 3 aromatic rings. The van der Waals surface area contributed by atoms with Crippen LogP contribution in [0.5, 0.6) is 5.75 Å². The Balaban J connectivity index is 2.09. The average Bonchev–Trinajstić information content (AvgIpc) is 2.72. The van der Waals surface area contributed by atoms with Gasteiger partial charge in [-0.1, -0.05) is 36.0 Å². The normalized spacial score (nSPS) is 14.6. The van der Waals surface area contributed by atoms with Crippen molar-refractivity contribution in [2.75, 3.05) is 11.2 Å². The number of fused-ring (bicyclic) bond motifs is 3. The lowest BCUT2D eigenvalue weighted by atomic mass is 10.0. The zero-order valence-electron chi connectivity index (χ0n) is 16.6. The van der Waals surface area contributed by atoms with Gasteiger partial charge < -0.3 is 4.74 Å². The van der Waals surface area contributed by atoms with Gasteiger partial charge >= 0.3 is 17.2 Å². The van der Waals surface area contributed by atoms with Crippen molar-refractivity contribution in [3.05, 3.63) is 64.4 Å². The topological polar surface area (TPSA) is 96.2 Å². The van der Waals surface area contributed by atoms with Crippen molar-refractivity contribution in [2.24, 2.45) is 0 Å². The standard InChI is InChI=1S/C21H18N4O4S/c1-12(26)24-16-10-6-4-8-14(16)18-19(28)22-21(30-3)23-25(18)20(24)15-9-5-7-11-17(15)29-13(2)27/h4-11,20H,1-3H3/p+1/t20-/m1/s1. The van der Waals surface area contributed by atoms with Crippen LogP contribution < -0.4 is 19.9 Å². The van der Waals surface area contributed by atoms with Crippen LogP contribution in [-0.4, -0.2) is 28.2 Å². The minimum atomic E-state index is -0.809. The summed E-state index contributed by atoms with van der Waals surface area (Å²) in [4.78, 5) is 41.8. The first-order valence-corrected chi connectivity index (χ1v) is 10.4. The molecule has 0 spiro atoms. The van der Waals surface area contributed by atoms with Gasteiger partial charge in [0, 0.05) is 18.9 Å². The third-order valence-electron chi connectivity index (χ3n) is 4.74. The summed E-state index contributed by atoms with van der Waals surface area (Å²) >= 11 is 1.28. The zero-order valence-corrected chi connectivity index (χ0v) is 17.4. The molecule has 1 aromatic heterocycles. The van der Waals surface area contributed by atoms with E-state index in [1.165, 1.54) is 30.3 Å². The number of ether oxygens (including phenoxy) is 1. The molecule has 0 saturated heterocycles. The van der Waals surface area contributed by atoms with E-state index in [0.29, 0.717) is 33.4 Å². The molecule has 0 saturated carbocycles. The van der Waals surface area contributed by atoms with Gasteiger partial charge in [0.2, 0.25) is 11.1 Å². The average molecular weight is 423 g/mol. The summed E-state index contributed by atoms with van der Waals surface area (Å²) in [7, 11) is 0. The van der Waals surface area contributed by atoms with Crippen LogP contribution in [-0.2, 0) is 9.59 Å². The third-order valence-corrected chi connectivity index (χ3v) is 5.31. The van der Waals surface area contributed by atoms with Crippen molar-refractivity contribution < 1.29 is 19.0 Å². The molecule has 0 unspecified atom stereocenters.